The highest BCUT2D eigenvalue weighted by Crippen LogP contribution is 2.26. The van der Waals surface area contributed by atoms with Gasteiger partial charge in [-0.15, -0.1) is 0 Å². The first-order chi connectivity index (χ1) is 11.1. The van der Waals surface area contributed by atoms with Crippen molar-refractivity contribution in [3.8, 4) is 0 Å². The van der Waals surface area contributed by atoms with E-state index in [1.807, 2.05) is 32.0 Å². The minimum atomic E-state index is -3.64. The van der Waals surface area contributed by atoms with Crippen molar-refractivity contribution >= 4 is 37.5 Å². The number of halogens is 1. The van der Waals surface area contributed by atoms with E-state index in [2.05, 4.69) is 21.2 Å². The fourth-order valence-corrected chi connectivity index (χ4v) is 4.03. The van der Waals surface area contributed by atoms with Gasteiger partial charge in [0.1, 0.15) is 0 Å². The lowest BCUT2D eigenvalue weighted by Crippen LogP contribution is -2.23. The fourth-order valence-electron chi connectivity index (χ4n) is 2.19. The Balaban J connectivity index is 2.37. The molecule has 0 saturated carbocycles. The molecule has 128 valence electrons. The van der Waals surface area contributed by atoms with Gasteiger partial charge in [-0.2, -0.15) is 0 Å². The molecule has 5 nitrogen and oxygen atoms in total. The van der Waals surface area contributed by atoms with Crippen molar-refractivity contribution in [3.05, 3.63) is 57.6 Å². The molecule has 1 amide bonds. The van der Waals surface area contributed by atoms with Crippen molar-refractivity contribution in [2.75, 3.05) is 19.4 Å². The van der Waals surface area contributed by atoms with Gasteiger partial charge < -0.3 is 5.32 Å². The topological polar surface area (TPSA) is 66.5 Å². The molecule has 0 unspecified atom stereocenters. The molecule has 0 spiro atoms. The van der Waals surface area contributed by atoms with E-state index in [4.69, 9.17) is 0 Å². The van der Waals surface area contributed by atoms with Gasteiger partial charge in [0.05, 0.1) is 4.90 Å². The van der Waals surface area contributed by atoms with Gasteiger partial charge in [0, 0.05) is 29.8 Å². The minimum absolute atomic E-state index is 0.0563. The van der Waals surface area contributed by atoms with Crippen molar-refractivity contribution in [1.29, 1.82) is 0 Å². The molecule has 2 aromatic rings. The number of nitrogens with one attached hydrogen (secondary N) is 1. The standard InChI is InChI=1S/C17H19BrN2O3S/c1-11-5-8-15(12(2)9-11)19-17(21)13-6-7-14(18)16(10-13)24(22,23)20(3)4/h5-10H,1-4H3,(H,19,21). The zero-order chi connectivity index (χ0) is 18.1. The summed E-state index contributed by atoms with van der Waals surface area (Å²) in [6.45, 7) is 3.89. The minimum Gasteiger partial charge on any atom is -0.322 e. The van der Waals surface area contributed by atoms with Gasteiger partial charge in [-0.1, -0.05) is 17.7 Å². The van der Waals surface area contributed by atoms with Crippen LogP contribution in [0.15, 0.2) is 45.8 Å². The Morgan fingerprint density at radius 2 is 1.75 bits per heavy atom. The van der Waals surface area contributed by atoms with E-state index in [9.17, 15) is 13.2 Å². The molecule has 0 aliphatic rings. The summed E-state index contributed by atoms with van der Waals surface area (Å²) in [5.74, 6) is -0.357. The first-order valence-electron chi connectivity index (χ1n) is 7.23. The van der Waals surface area contributed by atoms with E-state index in [1.54, 1.807) is 12.1 Å². The molecule has 1 N–H and O–H groups in total. The number of nitrogens with zero attached hydrogens (tertiary/aromatic N) is 1. The molecule has 0 heterocycles. The van der Waals surface area contributed by atoms with Crippen LogP contribution in [0.25, 0.3) is 0 Å². The predicted octanol–water partition coefficient (Wildman–Crippen LogP) is 3.57. The van der Waals surface area contributed by atoms with E-state index in [1.165, 1.54) is 20.2 Å². The highest BCUT2D eigenvalue weighted by Gasteiger charge is 2.22. The molecular formula is C17H19BrN2O3S. The molecule has 0 saturated heterocycles. The number of hydrogen-bond donors (Lipinski definition) is 1. The number of carbonyl (C=O) groups excluding carboxylic acids is 1. The molecule has 24 heavy (non-hydrogen) atoms. The smallest absolute Gasteiger partial charge is 0.255 e. The van der Waals surface area contributed by atoms with Crippen LogP contribution in [0.5, 0.6) is 0 Å². The Morgan fingerprint density at radius 3 is 2.33 bits per heavy atom. The number of amides is 1. The Bertz CT molecular complexity index is 893. The molecule has 2 aromatic carbocycles. The molecule has 0 bridgehead atoms. The highest BCUT2D eigenvalue weighted by atomic mass is 79.9. The number of hydrogen-bond acceptors (Lipinski definition) is 3. The van der Waals surface area contributed by atoms with E-state index in [0.717, 1.165) is 15.4 Å². The molecule has 0 aromatic heterocycles. The third-order valence-electron chi connectivity index (χ3n) is 3.58. The van der Waals surface area contributed by atoms with Crippen LogP contribution in [-0.4, -0.2) is 32.7 Å². The lowest BCUT2D eigenvalue weighted by atomic mass is 10.1. The maximum atomic E-state index is 12.5. The lowest BCUT2D eigenvalue weighted by molar-refractivity contribution is 0.102. The van der Waals surface area contributed by atoms with Crippen LogP contribution in [0.3, 0.4) is 0 Å². The summed E-state index contributed by atoms with van der Waals surface area (Å²) in [5, 5.41) is 2.82. The van der Waals surface area contributed by atoms with Crippen molar-refractivity contribution in [3.63, 3.8) is 0 Å². The van der Waals surface area contributed by atoms with E-state index in [0.29, 0.717) is 10.2 Å². The molecule has 0 aliphatic heterocycles. The summed E-state index contributed by atoms with van der Waals surface area (Å²) in [4.78, 5) is 12.5. The Hall–Kier alpha value is -1.70. The van der Waals surface area contributed by atoms with Gasteiger partial charge in [-0.25, -0.2) is 12.7 Å². The average molecular weight is 411 g/mol. The van der Waals surface area contributed by atoms with Crippen LogP contribution in [0.1, 0.15) is 21.5 Å². The zero-order valence-electron chi connectivity index (χ0n) is 13.9. The average Bonchev–Trinajstić information content (AvgIpc) is 2.50. The summed E-state index contributed by atoms with van der Waals surface area (Å²) in [7, 11) is -0.747. The number of rotatable bonds is 4. The number of carbonyl (C=O) groups is 1. The number of benzene rings is 2. The van der Waals surface area contributed by atoms with Crippen LogP contribution in [0, 0.1) is 13.8 Å². The molecule has 0 fully saturated rings. The lowest BCUT2D eigenvalue weighted by Gasteiger charge is -2.14. The van der Waals surface area contributed by atoms with Crippen LogP contribution in [-0.2, 0) is 10.0 Å². The SMILES string of the molecule is Cc1ccc(NC(=O)c2ccc(Br)c(S(=O)(=O)N(C)C)c2)c(C)c1. The van der Waals surface area contributed by atoms with Crippen LogP contribution >= 0.6 is 15.9 Å². The summed E-state index contributed by atoms with van der Waals surface area (Å²) in [6.07, 6.45) is 0. The Morgan fingerprint density at radius 1 is 1.08 bits per heavy atom. The second kappa shape index (κ2) is 7.04. The summed E-state index contributed by atoms with van der Waals surface area (Å²) in [6, 6.07) is 10.2. The third kappa shape index (κ3) is 3.85. The Kier molecular flexibility index (Phi) is 5.47. The quantitative estimate of drug-likeness (QED) is 0.837. The number of anilines is 1. The third-order valence-corrected chi connectivity index (χ3v) is 6.39. The van der Waals surface area contributed by atoms with E-state index < -0.39 is 10.0 Å². The first-order valence-corrected chi connectivity index (χ1v) is 9.47. The van der Waals surface area contributed by atoms with Crippen molar-refractivity contribution in [2.24, 2.45) is 0 Å². The summed E-state index contributed by atoms with van der Waals surface area (Å²) < 4.78 is 26.2. The maximum Gasteiger partial charge on any atom is 0.255 e. The highest BCUT2D eigenvalue weighted by molar-refractivity contribution is 9.10. The Labute approximate surface area is 150 Å². The molecule has 0 radical (unpaired) electrons. The van der Waals surface area contributed by atoms with Gasteiger partial charge in [0.15, 0.2) is 0 Å². The summed E-state index contributed by atoms with van der Waals surface area (Å²) in [5.41, 5.74) is 3.03. The molecule has 2 rings (SSSR count). The van der Waals surface area contributed by atoms with Gasteiger partial charge in [-0.3, -0.25) is 4.79 Å². The normalized spacial score (nSPS) is 11.6. The van der Waals surface area contributed by atoms with Crippen molar-refractivity contribution in [2.45, 2.75) is 18.7 Å². The molecule has 0 aliphatic carbocycles. The van der Waals surface area contributed by atoms with Gasteiger partial charge in [-0.05, 0) is 59.6 Å². The maximum absolute atomic E-state index is 12.5. The first kappa shape index (κ1) is 18.6. The van der Waals surface area contributed by atoms with Gasteiger partial charge in [0.2, 0.25) is 10.0 Å². The molecular weight excluding hydrogens is 392 g/mol. The van der Waals surface area contributed by atoms with E-state index >= 15 is 0 Å². The number of aryl methyl sites for hydroxylation is 2. The second-order valence-electron chi connectivity index (χ2n) is 5.71. The van der Waals surface area contributed by atoms with Crippen molar-refractivity contribution < 1.29 is 13.2 Å². The monoisotopic (exact) mass is 410 g/mol. The predicted molar refractivity (Wildman–Crippen MR) is 98.9 cm³/mol. The van der Waals surface area contributed by atoms with Crippen molar-refractivity contribution in [1.82, 2.24) is 4.31 Å². The van der Waals surface area contributed by atoms with Crippen LogP contribution in [0.2, 0.25) is 0 Å². The second-order valence-corrected chi connectivity index (χ2v) is 8.68. The van der Waals surface area contributed by atoms with Crippen LogP contribution < -0.4 is 5.32 Å². The molecule has 7 heteroatoms. The summed E-state index contributed by atoms with van der Waals surface area (Å²) >= 11 is 3.23. The zero-order valence-corrected chi connectivity index (χ0v) is 16.3. The largest absolute Gasteiger partial charge is 0.322 e. The van der Waals surface area contributed by atoms with E-state index in [-0.39, 0.29) is 16.4 Å². The van der Waals surface area contributed by atoms with Gasteiger partial charge >= 0.3 is 0 Å². The number of sulfonamides is 1. The molecule has 0 atom stereocenters. The fraction of sp³-hybridized carbons (Fsp3) is 0.235. The van der Waals surface area contributed by atoms with Gasteiger partial charge in [0.25, 0.3) is 5.91 Å². The van der Waals surface area contributed by atoms with Crippen LogP contribution in [0.4, 0.5) is 5.69 Å².